The molecule has 5 aromatic rings. The lowest BCUT2D eigenvalue weighted by atomic mass is 9.88. The number of nitrogens with zero attached hydrogens (tertiary/aromatic N) is 2. The Hall–Kier alpha value is -5.60. The van der Waals surface area contributed by atoms with Crippen LogP contribution in [0.5, 0.6) is 0 Å². The van der Waals surface area contributed by atoms with Crippen LogP contribution in [0.4, 0.5) is 22.7 Å². The van der Waals surface area contributed by atoms with Gasteiger partial charge < -0.3 is 9.80 Å². The monoisotopic (exact) mass is 650 g/mol. The van der Waals surface area contributed by atoms with Gasteiger partial charge in [-0.25, -0.2) is 0 Å². The Labute approximate surface area is 298 Å². The SMILES string of the molecule is CC1CCCC=C1N(c1ccc(C=Cc2ccc(C=Cc3ccc(N(c4ccccc4)c4ccccc4)cc3)cc2)cc1)C1C=CC=CC1C. The second-order valence-corrected chi connectivity index (χ2v) is 13.5. The van der Waals surface area contributed by atoms with Gasteiger partial charge in [-0.2, -0.15) is 0 Å². The lowest BCUT2D eigenvalue weighted by Crippen LogP contribution is -2.40. The second-order valence-electron chi connectivity index (χ2n) is 13.5. The maximum absolute atomic E-state index is 2.59. The van der Waals surface area contributed by atoms with Crippen LogP contribution in [0.3, 0.4) is 0 Å². The summed E-state index contributed by atoms with van der Waals surface area (Å²) in [6, 6.07) is 48.0. The van der Waals surface area contributed by atoms with Gasteiger partial charge in [-0.3, -0.25) is 0 Å². The largest absolute Gasteiger partial charge is 0.338 e. The Morgan fingerprint density at radius 2 is 0.940 bits per heavy atom. The van der Waals surface area contributed by atoms with Gasteiger partial charge in [-0.05, 0) is 102 Å². The Morgan fingerprint density at radius 1 is 0.500 bits per heavy atom. The Kier molecular flexibility index (Phi) is 10.4. The number of allylic oxidation sites excluding steroid dienone is 4. The molecule has 0 fully saturated rings. The van der Waals surface area contributed by atoms with Gasteiger partial charge in [0.25, 0.3) is 0 Å². The van der Waals surface area contributed by atoms with E-state index in [1.54, 1.807) is 0 Å². The predicted molar refractivity (Wildman–Crippen MR) is 217 cm³/mol. The molecule has 0 spiro atoms. The minimum atomic E-state index is 0.338. The van der Waals surface area contributed by atoms with Crippen molar-refractivity contribution in [1.29, 1.82) is 0 Å². The topological polar surface area (TPSA) is 6.48 Å². The van der Waals surface area contributed by atoms with Crippen molar-refractivity contribution in [1.82, 2.24) is 0 Å². The van der Waals surface area contributed by atoms with Crippen LogP contribution in [-0.4, -0.2) is 6.04 Å². The van der Waals surface area contributed by atoms with Crippen molar-refractivity contribution in [2.75, 3.05) is 9.80 Å². The van der Waals surface area contributed by atoms with Crippen molar-refractivity contribution in [3.63, 3.8) is 0 Å². The number of anilines is 4. The zero-order valence-corrected chi connectivity index (χ0v) is 29.1. The fourth-order valence-corrected chi connectivity index (χ4v) is 7.06. The van der Waals surface area contributed by atoms with E-state index < -0.39 is 0 Å². The number of rotatable bonds is 10. The average Bonchev–Trinajstić information content (AvgIpc) is 3.17. The van der Waals surface area contributed by atoms with Crippen LogP contribution in [0, 0.1) is 11.8 Å². The molecule has 0 bridgehead atoms. The molecule has 7 rings (SSSR count). The quantitative estimate of drug-likeness (QED) is 0.139. The summed E-state index contributed by atoms with van der Waals surface area (Å²) in [4.78, 5) is 4.87. The fraction of sp³-hybridized carbons (Fsp3) is 0.167. The zero-order chi connectivity index (χ0) is 34.1. The summed E-state index contributed by atoms with van der Waals surface area (Å²) in [6.45, 7) is 4.71. The molecule has 0 aliphatic heterocycles. The van der Waals surface area contributed by atoms with Crippen LogP contribution < -0.4 is 9.80 Å². The lowest BCUT2D eigenvalue weighted by Gasteiger charge is -2.41. The summed E-state index contributed by atoms with van der Waals surface area (Å²) in [5.41, 5.74) is 10.9. The van der Waals surface area contributed by atoms with E-state index in [1.165, 1.54) is 52.9 Å². The highest BCUT2D eigenvalue weighted by atomic mass is 15.2. The van der Waals surface area contributed by atoms with Crippen molar-refractivity contribution >= 4 is 47.1 Å². The minimum Gasteiger partial charge on any atom is -0.338 e. The predicted octanol–water partition coefficient (Wildman–Crippen LogP) is 13.1. The molecule has 0 N–H and O–H groups in total. The molecule has 2 nitrogen and oxygen atoms in total. The maximum Gasteiger partial charge on any atom is 0.0582 e. The van der Waals surface area contributed by atoms with Gasteiger partial charge in [0.05, 0.1) is 6.04 Å². The molecule has 0 aromatic heterocycles. The molecule has 3 atom stereocenters. The van der Waals surface area contributed by atoms with Crippen LogP contribution in [0.25, 0.3) is 24.3 Å². The molecule has 0 saturated heterocycles. The van der Waals surface area contributed by atoms with E-state index >= 15 is 0 Å². The highest BCUT2D eigenvalue weighted by molar-refractivity contribution is 5.78. The molecule has 2 aliphatic rings. The van der Waals surface area contributed by atoms with E-state index in [0.717, 1.165) is 17.1 Å². The Morgan fingerprint density at radius 3 is 1.42 bits per heavy atom. The minimum absolute atomic E-state index is 0.338. The Balaban J connectivity index is 1.01. The smallest absolute Gasteiger partial charge is 0.0582 e. The molecular formula is C48H46N2. The van der Waals surface area contributed by atoms with Crippen LogP contribution in [-0.2, 0) is 0 Å². The lowest BCUT2D eigenvalue weighted by molar-refractivity contribution is 0.497. The maximum atomic E-state index is 2.59. The molecule has 2 heteroatoms. The number of hydrogen-bond acceptors (Lipinski definition) is 2. The van der Waals surface area contributed by atoms with E-state index in [9.17, 15) is 0 Å². The van der Waals surface area contributed by atoms with Gasteiger partial charge in [0.2, 0.25) is 0 Å². The normalized spacial score (nSPS) is 18.8. The summed E-state index contributed by atoms with van der Waals surface area (Å²) in [5.74, 6) is 1.03. The first kappa shape index (κ1) is 32.9. The summed E-state index contributed by atoms with van der Waals surface area (Å²) in [5, 5.41) is 0. The Bertz CT molecular complexity index is 1940. The standard InChI is InChI=1S/C48H46N2/c1-37-13-9-11-19-47(37)50(48-20-12-10-14-38(48)2)46-35-31-42(32-36-46)28-26-40-23-21-39(22-24-40)25-27-41-29-33-45(34-30-41)49(43-15-5-3-6-16-43)44-17-7-4-8-18-44/h3-9,11,13,15-38,47H,10,12,14H2,1-2H3. The first-order chi connectivity index (χ1) is 24.6. The first-order valence-electron chi connectivity index (χ1n) is 18.0. The zero-order valence-electron chi connectivity index (χ0n) is 29.1. The van der Waals surface area contributed by atoms with E-state index in [0.29, 0.717) is 17.9 Å². The average molecular weight is 651 g/mol. The summed E-state index contributed by atoms with van der Waals surface area (Å²) < 4.78 is 0. The van der Waals surface area contributed by atoms with E-state index in [2.05, 4.69) is 212 Å². The summed E-state index contributed by atoms with van der Waals surface area (Å²) in [7, 11) is 0. The van der Waals surface area contributed by atoms with E-state index in [4.69, 9.17) is 0 Å². The third kappa shape index (κ3) is 7.82. The highest BCUT2D eigenvalue weighted by Crippen LogP contribution is 2.37. The van der Waals surface area contributed by atoms with Gasteiger partial charge >= 0.3 is 0 Å². The van der Waals surface area contributed by atoms with Crippen LogP contribution in [0.1, 0.15) is 55.4 Å². The molecule has 2 aliphatic carbocycles. The van der Waals surface area contributed by atoms with Gasteiger partial charge in [0.1, 0.15) is 0 Å². The van der Waals surface area contributed by atoms with Gasteiger partial charge in [-0.15, -0.1) is 0 Å². The summed E-state index contributed by atoms with van der Waals surface area (Å²) >= 11 is 0. The van der Waals surface area contributed by atoms with Gasteiger partial charge in [-0.1, -0.05) is 153 Å². The number of hydrogen-bond donors (Lipinski definition) is 0. The van der Waals surface area contributed by atoms with Crippen LogP contribution >= 0.6 is 0 Å². The molecule has 248 valence electrons. The van der Waals surface area contributed by atoms with Crippen molar-refractivity contribution in [3.8, 4) is 0 Å². The third-order valence-electron chi connectivity index (χ3n) is 9.87. The van der Waals surface area contributed by atoms with E-state index in [1.807, 2.05) is 0 Å². The number of benzene rings is 5. The van der Waals surface area contributed by atoms with Crippen molar-refractivity contribution in [2.45, 2.75) is 39.2 Å². The van der Waals surface area contributed by atoms with Gasteiger partial charge in [0.15, 0.2) is 0 Å². The molecular weight excluding hydrogens is 605 g/mol. The molecule has 5 aromatic carbocycles. The van der Waals surface area contributed by atoms with Crippen LogP contribution in [0.15, 0.2) is 170 Å². The first-order valence-corrected chi connectivity index (χ1v) is 18.0. The van der Waals surface area contributed by atoms with E-state index in [-0.39, 0.29) is 0 Å². The van der Waals surface area contributed by atoms with Crippen LogP contribution in [0.2, 0.25) is 0 Å². The van der Waals surface area contributed by atoms with Gasteiger partial charge in [0, 0.05) is 28.4 Å². The molecule has 50 heavy (non-hydrogen) atoms. The van der Waals surface area contributed by atoms with Crippen molar-refractivity contribution in [2.24, 2.45) is 11.8 Å². The number of para-hydroxylation sites is 2. The fourth-order valence-electron chi connectivity index (χ4n) is 7.06. The molecule has 0 saturated carbocycles. The molecule has 0 amide bonds. The molecule has 3 unspecified atom stereocenters. The van der Waals surface area contributed by atoms with Crippen molar-refractivity contribution in [3.05, 3.63) is 192 Å². The van der Waals surface area contributed by atoms with Crippen molar-refractivity contribution < 1.29 is 0 Å². The second kappa shape index (κ2) is 15.7. The molecule has 0 radical (unpaired) electrons. The third-order valence-corrected chi connectivity index (χ3v) is 9.87. The molecule has 0 heterocycles. The summed E-state index contributed by atoms with van der Waals surface area (Å²) in [6.07, 6.45) is 24.0. The highest BCUT2D eigenvalue weighted by Gasteiger charge is 2.29.